The zero-order chi connectivity index (χ0) is 22.8. The third kappa shape index (κ3) is 4.74. The SMILES string of the molecule is CN(C)C=Nc1nc2c(OC(F)F)cccc2c2nc(C3CCCN(CC(F)F)C3)nn12. The molecule has 1 aromatic carbocycles. The van der Waals surface area contributed by atoms with Gasteiger partial charge >= 0.3 is 6.61 Å². The lowest BCUT2D eigenvalue weighted by Crippen LogP contribution is -2.37. The number of likely N-dealkylation sites (tertiary alicyclic amines) is 1. The van der Waals surface area contributed by atoms with E-state index in [1.54, 1.807) is 36.0 Å². The average molecular weight is 453 g/mol. The van der Waals surface area contributed by atoms with Crippen LogP contribution in [0.5, 0.6) is 5.75 Å². The fraction of sp³-hybridized carbons (Fsp3) is 0.500. The van der Waals surface area contributed by atoms with Crippen LogP contribution >= 0.6 is 0 Å². The second-order valence-electron chi connectivity index (χ2n) is 7.85. The molecule has 4 rings (SSSR count). The summed E-state index contributed by atoms with van der Waals surface area (Å²) in [5, 5.41) is 5.05. The number of alkyl halides is 4. The third-order valence-corrected chi connectivity index (χ3v) is 5.15. The molecular formula is C20H23F4N7O. The minimum atomic E-state index is -3.01. The van der Waals surface area contributed by atoms with Crippen molar-refractivity contribution in [2.75, 3.05) is 33.7 Å². The lowest BCUT2D eigenvalue weighted by molar-refractivity contribution is -0.0489. The first-order valence-electron chi connectivity index (χ1n) is 10.2. The molecule has 0 saturated carbocycles. The molecule has 0 N–H and O–H groups in total. The van der Waals surface area contributed by atoms with Crippen LogP contribution in [0.3, 0.4) is 0 Å². The monoisotopic (exact) mass is 453 g/mol. The number of nitrogens with zero attached hydrogens (tertiary/aromatic N) is 7. The van der Waals surface area contributed by atoms with E-state index in [1.165, 1.54) is 16.9 Å². The van der Waals surface area contributed by atoms with Crippen LogP contribution < -0.4 is 4.74 Å². The molecule has 1 aliphatic heterocycles. The van der Waals surface area contributed by atoms with Gasteiger partial charge in [-0.3, -0.25) is 4.90 Å². The van der Waals surface area contributed by atoms with E-state index in [-0.39, 0.29) is 29.7 Å². The number of ether oxygens (including phenoxy) is 1. The highest BCUT2D eigenvalue weighted by atomic mass is 19.3. The van der Waals surface area contributed by atoms with Crippen LogP contribution in [0.1, 0.15) is 24.6 Å². The second-order valence-corrected chi connectivity index (χ2v) is 7.85. The van der Waals surface area contributed by atoms with Crippen LogP contribution in [-0.4, -0.2) is 82.5 Å². The number of hydrogen-bond acceptors (Lipinski definition) is 6. The Balaban J connectivity index is 1.82. The molecule has 1 unspecified atom stereocenters. The largest absolute Gasteiger partial charge is 0.432 e. The molecule has 3 aromatic rings. The Morgan fingerprint density at radius 2 is 2.06 bits per heavy atom. The number of piperidine rings is 1. The van der Waals surface area contributed by atoms with Gasteiger partial charge in [-0.15, -0.1) is 5.10 Å². The predicted molar refractivity (Wildman–Crippen MR) is 111 cm³/mol. The van der Waals surface area contributed by atoms with Crippen molar-refractivity contribution >= 4 is 28.8 Å². The summed E-state index contributed by atoms with van der Waals surface area (Å²) < 4.78 is 57.6. The van der Waals surface area contributed by atoms with E-state index in [9.17, 15) is 17.6 Å². The van der Waals surface area contributed by atoms with Crippen LogP contribution in [0.15, 0.2) is 23.2 Å². The zero-order valence-electron chi connectivity index (χ0n) is 17.6. The van der Waals surface area contributed by atoms with Gasteiger partial charge in [0.1, 0.15) is 5.52 Å². The first kappa shape index (κ1) is 22.2. The van der Waals surface area contributed by atoms with Crippen LogP contribution in [0.4, 0.5) is 23.5 Å². The molecule has 3 heterocycles. The number of hydrogen-bond donors (Lipinski definition) is 0. The van der Waals surface area contributed by atoms with Gasteiger partial charge in [0.25, 0.3) is 12.4 Å². The lowest BCUT2D eigenvalue weighted by atomic mass is 9.97. The predicted octanol–water partition coefficient (Wildman–Crippen LogP) is 3.54. The minimum Gasteiger partial charge on any atom is -0.432 e. The molecule has 1 fully saturated rings. The Morgan fingerprint density at radius 3 is 2.78 bits per heavy atom. The molecule has 2 aromatic heterocycles. The molecule has 172 valence electrons. The Labute approximate surface area is 181 Å². The summed E-state index contributed by atoms with van der Waals surface area (Å²) >= 11 is 0. The van der Waals surface area contributed by atoms with Crippen molar-refractivity contribution in [3.8, 4) is 5.75 Å². The summed E-state index contributed by atoms with van der Waals surface area (Å²) in [7, 11) is 3.55. The van der Waals surface area contributed by atoms with E-state index in [1.807, 2.05) is 0 Å². The molecule has 8 nitrogen and oxygen atoms in total. The van der Waals surface area contributed by atoms with Gasteiger partial charge in [-0.2, -0.15) is 13.3 Å². The van der Waals surface area contributed by atoms with E-state index in [0.29, 0.717) is 29.9 Å². The van der Waals surface area contributed by atoms with Crippen LogP contribution in [0, 0.1) is 0 Å². The molecule has 1 atom stereocenters. The molecular weight excluding hydrogens is 430 g/mol. The van der Waals surface area contributed by atoms with Gasteiger partial charge < -0.3 is 9.64 Å². The maximum Gasteiger partial charge on any atom is 0.387 e. The fourth-order valence-electron chi connectivity index (χ4n) is 3.85. The topological polar surface area (TPSA) is 71.2 Å². The van der Waals surface area contributed by atoms with Crippen molar-refractivity contribution in [2.24, 2.45) is 4.99 Å². The molecule has 0 bridgehead atoms. The second kappa shape index (κ2) is 9.23. The first-order valence-corrected chi connectivity index (χ1v) is 10.2. The van der Waals surface area contributed by atoms with Gasteiger partial charge in [0.15, 0.2) is 17.2 Å². The van der Waals surface area contributed by atoms with Crippen molar-refractivity contribution < 1.29 is 22.3 Å². The summed E-state index contributed by atoms with van der Waals surface area (Å²) in [4.78, 5) is 16.8. The molecule has 0 radical (unpaired) electrons. The molecule has 1 aliphatic rings. The molecule has 0 amide bonds. The number of aromatic nitrogens is 4. The van der Waals surface area contributed by atoms with Crippen molar-refractivity contribution in [1.82, 2.24) is 29.4 Å². The molecule has 32 heavy (non-hydrogen) atoms. The minimum absolute atomic E-state index is 0.0911. The van der Waals surface area contributed by atoms with Gasteiger partial charge in [-0.1, -0.05) is 6.07 Å². The van der Waals surface area contributed by atoms with Crippen molar-refractivity contribution in [2.45, 2.75) is 31.8 Å². The first-order chi connectivity index (χ1) is 15.3. The summed E-state index contributed by atoms with van der Waals surface area (Å²) in [5.41, 5.74) is 0.578. The normalized spacial score (nSPS) is 17.9. The maximum atomic E-state index is 12.9. The summed E-state index contributed by atoms with van der Waals surface area (Å²) in [5.74, 6) is 0.403. The Bertz CT molecular complexity index is 1120. The van der Waals surface area contributed by atoms with Crippen LogP contribution in [0.25, 0.3) is 16.6 Å². The number of para-hydroxylation sites is 1. The lowest BCUT2D eigenvalue weighted by Gasteiger charge is -2.30. The third-order valence-electron chi connectivity index (χ3n) is 5.15. The van der Waals surface area contributed by atoms with E-state index < -0.39 is 13.0 Å². The standard InChI is InChI=1S/C20H23F4N7O/c1-29(2)11-25-20-26-16-13(6-3-7-14(16)32-19(23)24)18-27-17(28-31(18)20)12-5-4-8-30(9-12)10-15(21)22/h3,6-7,11-12,15,19H,4-5,8-10H2,1-2H3. The van der Waals surface area contributed by atoms with Gasteiger partial charge in [-0.25, -0.2) is 23.7 Å². The van der Waals surface area contributed by atoms with Gasteiger partial charge in [0.2, 0.25) is 0 Å². The van der Waals surface area contributed by atoms with Crippen molar-refractivity contribution in [1.29, 1.82) is 0 Å². The smallest absolute Gasteiger partial charge is 0.387 e. The maximum absolute atomic E-state index is 12.9. The zero-order valence-corrected chi connectivity index (χ0v) is 17.6. The van der Waals surface area contributed by atoms with Crippen LogP contribution in [-0.2, 0) is 0 Å². The average Bonchev–Trinajstić information content (AvgIpc) is 3.18. The summed E-state index contributed by atoms with van der Waals surface area (Å²) in [6.07, 6.45) is 0.620. The highest BCUT2D eigenvalue weighted by Gasteiger charge is 2.27. The van der Waals surface area contributed by atoms with Gasteiger partial charge in [-0.05, 0) is 31.5 Å². The van der Waals surface area contributed by atoms with Crippen molar-refractivity contribution in [3.05, 3.63) is 24.0 Å². The highest BCUT2D eigenvalue weighted by molar-refractivity contribution is 5.95. The van der Waals surface area contributed by atoms with Crippen LogP contribution in [0.2, 0.25) is 0 Å². The Morgan fingerprint density at radius 1 is 1.25 bits per heavy atom. The number of benzene rings is 1. The Kier molecular flexibility index (Phi) is 6.40. The van der Waals surface area contributed by atoms with Gasteiger partial charge in [0.05, 0.1) is 12.9 Å². The van der Waals surface area contributed by atoms with Gasteiger partial charge in [0, 0.05) is 31.9 Å². The van der Waals surface area contributed by atoms with E-state index in [2.05, 4.69) is 24.8 Å². The molecule has 0 aliphatic carbocycles. The van der Waals surface area contributed by atoms with Crippen molar-refractivity contribution in [3.63, 3.8) is 0 Å². The number of halogens is 4. The van der Waals surface area contributed by atoms with E-state index in [0.717, 1.165) is 12.8 Å². The van der Waals surface area contributed by atoms with E-state index >= 15 is 0 Å². The fourth-order valence-corrected chi connectivity index (χ4v) is 3.85. The highest BCUT2D eigenvalue weighted by Crippen LogP contribution is 2.32. The number of fused-ring (bicyclic) bond motifs is 3. The molecule has 1 saturated heterocycles. The Hall–Kier alpha value is -3.02. The summed E-state index contributed by atoms with van der Waals surface area (Å²) in [6, 6.07) is 4.67. The van der Waals surface area contributed by atoms with E-state index in [4.69, 9.17) is 0 Å². The molecule has 0 spiro atoms. The molecule has 12 heteroatoms. The summed E-state index contributed by atoms with van der Waals surface area (Å²) in [6.45, 7) is -2.28. The number of aliphatic imine (C=N–C) groups is 1. The quantitative estimate of drug-likeness (QED) is 0.310. The number of rotatable bonds is 7.